The third kappa shape index (κ3) is 5.12. The van der Waals surface area contributed by atoms with Crippen molar-refractivity contribution in [2.45, 2.75) is 65.0 Å². The Morgan fingerprint density at radius 3 is 2.41 bits per heavy atom. The maximum atomic E-state index is 12.5. The fourth-order valence-electron chi connectivity index (χ4n) is 7.36. The van der Waals surface area contributed by atoms with E-state index in [1.54, 1.807) is 4.90 Å². The predicted molar refractivity (Wildman–Crippen MR) is 135 cm³/mol. The van der Waals surface area contributed by atoms with E-state index in [-0.39, 0.29) is 12.5 Å². The highest BCUT2D eigenvalue weighted by Crippen LogP contribution is 2.61. The number of halogens is 1. The molecule has 5 aliphatic rings. The van der Waals surface area contributed by atoms with Crippen LogP contribution < -0.4 is 14.8 Å². The monoisotopic (exact) mass is 534 g/mol. The number of nitrogens with zero attached hydrogens (tertiary/aromatic N) is 1. The number of amides is 1. The highest BCUT2D eigenvalue weighted by Gasteiger charge is 2.52. The Labute approximate surface area is 212 Å². The summed E-state index contributed by atoms with van der Waals surface area (Å²) in [6.45, 7) is 8.13. The van der Waals surface area contributed by atoms with Crippen molar-refractivity contribution >= 4 is 21.8 Å². The topological polar surface area (TPSA) is 60.0 Å². The minimum absolute atomic E-state index is 0.000670. The molecule has 1 unspecified atom stereocenters. The first-order valence-corrected chi connectivity index (χ1v) is 13.9. The molecule has 1 saturated heterocycles. The SMILES string of the molecule is CCOc1cc(CNC(C)C23CC4CC(CC(C4)C2)C3)cc(Br)c1OCC(=O)N1CCOCC1. The molecular weight excluding hydrogens is 496 g/mol. The lowest BCUT2D eigenvalue weighted by Crippen LogP contribution is -2.54. The van der Waals surface area contributed by atoms with Crippen molar-refractivity contribution in [3.63, 3.8) is 0 Å². The molecule has 4 bridgehead atoms. The normalized spacial score (nSPS) is 30.9. The highest BCUT2D eigenvalue weighted by atomic mass is 79.9. The number of morpholine rings is 1. The quantitative estimate of drug-likeness (QED) is 0.494. The molecule has 7 heteroatoms. The van der Waals surface area contributed by atoms with Gasteiger partial charge in [0.1, 0.15) is 0 Å². The van der Waals surface area contributed by atoms with Gasteiger partial charge in [-0.15, -0.1) is 0 Å². The molecule has 1 aromatic rings. The van der Waals surface area contributed by atoms with Crippen molar-refractivity contribution in [3.05, 3.63) is 22.2 Å². The molecule has 5 fully saturated rings. The number of rotatable bonds is 9. The van der Waals surface area contributed by atoms with Gasteiger partial charge in [-0.1, -0.05) is 0 Å². The van der Waals surface area contributed by atoms with Crippen molar-refractivity contribution in [2.24, 2.45) is 23.2 Å². The summed E-state index contributed by atoms with van der Waals surface area (Å²) in [5.74, 6) is 4.16. The van der Waals surface area contributed by atoms with E-state index in [0.29, 0.717) is 55.9 Å². The molecule has 0 radical (unpaired) electrons. The van der Waals surface area contributed by atoms with Crippen LogP contribution in [0.25, 0.3) is 0 Å². The molecule has 1 amide bonds. The summed E-state index contributed by atoms with van der Waals surface area (Å²) in [7, 11) is 0. The third-order valence-corrected chi connectivity index (χ3v) is 9.28. The Morgan fingerprint density at radius 2 is 1.79 bits per heavy atom. The van der Waals surface area contributed by atoms with E-state index in [2.05, 4.69) is 40.3 Å². The van der Waals surface area contributed by atoms with E-state index in [9.17, 15) is 4.79 Å². The van der Waals surface area contributed by atoms with Gasteiger partial charge in [-0.25, -0.2) is 0 Å². The molecule has 0 aromatic heterocycles. The lowest BCUT2D eigenvalue weighted by Gasteiger charge is -2.59. The molecule has 1 aromatic carbocycles. The molecule has 6 rings (SSSR count). The molecule has 34 heavy (non-hydrogen) atoms. The molecular formula is C27H39BrN2O4. The second-order valence-electron chi connectivity index (χ2n) is 11.0. The predicted octanol–water partition coefficient (Wildman–Crippen LogP) is 4.78. The smallest absolute Gasteiger partial charge is 0.260 e. The standard InChI is InChI=1S/C27H39BrN2O4/c1-3-33-24-12-22(11-23(28)26(24)34-17-25(31)30-4-6-32-7-5-30)16-29-18(2)27-13-19-8-20(14-27)10-21(9-19)15-27/h11-12,18-21,29H,3-10,13-17H2,1-2H3. The number of hydrogen-bond donors (Lipinski definition) is 1. The summed E-state index contributed by atoms with van der Waals surface area (Å²) < 4.78 is 18.0. The Kier molecular flexibility index (Phi) is 7.43. The third-order valence-electron chi connectivity index (χ3n) is 8.69. The van der Waals surface area contributed by atoms with E-state index < -0.39 is 0 Å². The average molecular weight is 536 g/mol. The molecule has 1 heterocycles. The van der Waals surface area contributed by atoms with E-state index in [1.165, 1.54) is 44.1 Å². The summed E-state index contributed by atoms with van der Waals surface area (Å²) in [5.41, 5.74) is 1.65. The number of hydrogen-bond acceptors (Lipinski definition) is 5. The van der Waals surface area contributed by atoms with Crippen LogP contribution >= 0.6 is 15.9 Å². The molecule has 4 aliphatic carbocycles. The van der Waals surface area contributed by atoms with Crippen LogP contribution in [0.1, 0.15) is 57.9 Å². The van der Waals surface area contributed by atoms with E-state index in [0.717, 1.165) is 28.8 Å². The maximum absolute atomic E-state index is 12.5. The highest BCUT2D eigenvalue weighted by molar-refractivity contribution is 9.10. The summed E-state index contributed by atoms with van der Waals surface area (Å²) in [6, 6.07) is 4.66. The van der Waals surface area contributed by atoms with Crippen LogP contribution in [0, 0.1) is 23.2 Å². The van der Waals surface area contributed by atoms with Gasteiger partial charge in [0.05, 0.1) is 24.3 Å². The van der Waals surface area contributed by atoms with Gasteiger partial charge in [0.2, 0.25) is 0 Å². The number of carbonyl (C=O) groups excluding carboxylic acids is 1. The minimum Gasteiger partial charge on any atom is -0.490 e. The molecule has 0 spiro atoms. The van der Waals surface area contributed by atoms with Gasteiger partial charge in [-0.05, 0) is 109 Å². The number of ether oxygens (including phenoxy) is 3. The molecule has 1 N–H and O–H groups in total. The van der Waals surface area contributed by atoms with Gasteiger partial charge in [0.25, 0.3) is 5.91 Å². The molecule has 1 atom stereocenters. The zero-order valence-electron chi connectivity index (χ0n) is 20.6. The molecule has 6 nitrogen and oxygen atoms in total. The van der Waals surface area contributed by atoms with Gasteiger partial charge < -0.3 is 24.4 Å². The van der Waals surface area contributed by atoms with Crippen LogP contribution in [0.2, 0.25) is 0 Å². The van der Waals surface area contributed by atoms with Crippen molar-refractivity contribution in [2.75, 3.05) is 39.5 Å². The van der Waals surface area contributed by atoms with Crippen LogP contribution in [-0.4, -0.2) is 56.4 Å². The molecule has 188 valence electrons. The fourth-order valence-corrected chi connectivity index (χ4v) is 7.96. The Hall–Kier alpha value is -1.31. The number of carbonyl (C=O) groups is 1. The van der Waals surface area contributed by atoms with Gasteiger partial charge >= 0.3 is 0 Å². The maximum Gasteiger partial charge on any atom is 0.260 e. The zero-order valence-corrected chi connectivity index (χ0v) is 22.2. The number of nitrogens with one attached hydrogen (secondary N) is 1. The van der Waals surface area contributed by atoms with E-state index in [1.807, 2.05) is 6.92 Å². The van der Waals surface area contributed by atoms with Crippen LogP contribution in [0.5, 0.6) is 11.5 Å². The molecule has 4 saturated carbocycles. The van der Waals surface area contributed by atoms with Gasteiger partial charge in [-0.2, -0.15) is 0 Å². The van der Waals surface area contributed by atoms with Crippen molar-refractivity contribution < 1.29 is 19.0 Å². The Bertz CT molecular complexity index is 850. The molecule has 1 aliphatic heterocycles. The second-order valence-corrected chi connectivity index (χ2v) is 11.9. The summed E-state index contributed by atoms with van der Waals surface area (Å²) >= 11 is 3.67. The second kappa shape index (κ2) is 10.4. The summed E-state index contributed by atoms with van der Waals surface area (Å²) in [4.78, 5) is 14.3. The average Bonchev–Trinajstić information content (AvgIpc) is 2.81. The summed E-state index contributed by atoms with van der Waals surface area (Å²) in [5, 5.41) is 3.88. The lowest BCUT2D eigenvalue weighted by molar-refractivity contribution is -0.137. The van der Waals surface area contributed by atoms with Crippen molar-refractivity contribution in [3.8, 4) is 11.5 Å². The van der Waals surface area contributed by atoms with E-state index in [4.69, 9.17) is 14.2 Å². The first-order chi connectivity index (χ1) is 16.5. The van der Waals surface area contributed by atoms with Gasteiger partial charge in [0.15, 0.2) is 18.1 Å². The Morgan fingerprint density at radius 1 is 1.15 bits per heavy atom. The minimum atomic E-state index is -0.0206. The van der Waals surface area contributed by atoms with Gasteiger partial charge in [-0.3, -0.25) is 4.79 Å². The fraction of sp³-hybridized carbons (Fsp3) is 0.741. The van der Waals surface area contributed by atoms with Crippen LogP contribution in [0.3, 0.4) is 0 Å². The van der Waals surface area contributed by atoms with Gasteiger partial charge in [0, 0.05) is 25.7 Å². The first-order valence-electron chi connectivity index (χ1n) is 13.1. The Balaban J connectivity index is 1.22. The van der Waals surface area contributed by atoms with Crippen molar-refractivity contribution in [1.29, 1.82) is 0 Å². The summed E-state index contributed by atoms with van der Waals surface area (Å²) in [6.07, 6.45) is 8.66. The number of benzene rings is 1. The van der Waals surface area contributed by atoms with Crippen LogP contribution in [-0.2, 0) is 16.1 Å². The lowest BCUT2D eigenvalue weighted by atomic mass is 9.48. The zero-order chi connectivity index (χ0) is 23.7. The van der Waals surface area contributed by atoms with Crippen LogP contribution in [0.4, 0.5) is 0 Å². The van der Waals surface area contributed by atoms with E-state index >= 15 is 0 Å². The van der Waals surface area contributed by atoms with Crippen molar-refractivity contribution in [1.82, 2.24) is 10.2 Å². The largest absolute Gasteiger partial charge is 0.490 e. The van der Waals surface area contributed by atoms with Crippen LogP contribution in [0.15, 0.2) is 16.6 Å². The first kappa shape index (κ1) is 24.4.